The van der Waals surface area contributed by atoms with Gasteiger partial charge in [0.2, 0.25) is 0 Å². The largest absolute Gasteiger partial charge is 0.371 e. The molecule has 1 aliphatic heterocycles. The van der Waals surface area contributed by atoms with Crippen molar-refractivity contribution in [3.63, 3.8) is 0 Å². The Kier molecular flexibility index (Phi) is 4.32. The minimum atomic E-state index is -0.0487. The number of fused-ring (bicyclic) bond motifs is 1. The Labute approximate surface area is 153 Å². The van der Waals surface area contributed by atoms with Gasteiger partial charge in [0.05, 0.1) is 5.69 Å². The van der Waals surface area contributed by atoms with E-state index in [4.69, 9.17) is 0 Å². The van der Waals surface area contributed by atoms with E-state index in [0.29, 0.717) is 23.4 Å². The molecule has 1 saturated heterocycles. The first kappa shape index (κ1) is 16.6. The number of hydrogen-bond donors (Lipinski definition) is 0. The van der Waals surface area contributed by atoms with Gasteiger partial charge >= 0.3 is 0 Å². The summed E-state index contributed by atoms with van der Waals surface area (Å²) in [5.41, 5.74) is 4.29. The van der Waals surface area contributed by atoms with Gasteiger partial charge in [0.15, 0.2) is 5.65 Å². The monoisotopic (exact) mass is 349 g/mol. The van der Waals surface area contributed by atoms with Gasteiger partial charge in [0.1, 0.15) is 5.56 Å². The Morgan fingerprint density at radius 2 is 1.96 bits per heavy atom. The normalized spacial score (nSPS) is 14.2. The van der Waals surface area contributed by atoms with E-state index in [-0.39, 0.29) is 5.91 Å². The summed E-state index contributed by atoms with van der Waals surface area (Å²) >= 11 is 0. The molecule has 0 unspecified atom stereocenters. The molecule has 0 bridgehead atoms. The lowest BCUT2D eigenvalue weighted by atomic mass is 10.1. The molecule has 3 aromatic rings. The van der Waals surface area contributed by atoms with Crippen LogP contribution in [-0.4, -0.2) is 45.5 Å². The Morgan fingerprint density at radius 1 is 1.19 bits per heavy atom. The Morgan fingerprint density at radius 3 is 2.77 bits per heavy atom. The summed E-state index contributed by atoms with van der Waals surface area (Å²) in [7, 11) is 1.84. The van der Waals surface area contributed by atoms with E-state index < -0.39 is 0 Å². The van der Waals surface area contributed by atoms with Crippen LogP contribution in [0.5, 0.6) is 0 Å². The highest BCUT2D eigenvalue weighted by Gasteiger charge is 2.23. The van der Waals surface area contributed by atoms with Crippen LogP contribution >= 0.6 is 0 Å². The number of nitrogens with zero attached hydrogens (tertiary/aromatic N) is 5. The number of benzene rings is 1. The molecule has 26 heavy (non-hydrogen) atoms. The molecule has 4 rings (SSSR count). The second kappa shape index (κ2) is 6.78. The molecule has 1 fully saturated rings. The molecule has 0 spiro atoms. The van der Waals surface area contributed by atoms with Gasteiger partial charge in [0.25, 0.3) is 5.91 Å². The molecule has 6 heteroatoms. The average Bonchev–Trinajstić information content (AvgIpc) is 3.28. The third-order valence-corrected chi connectivity index (χ3v) is 4.98. The van der Waals surface area contributed by atoms with Gasteiger partial charge in [0, 0.05) is 44.8 Å². The Balaban J connectivity index is 1.61. The van der Waals surface area contributed by atoms with Gasteiger partial charge in [-0.3, -0.25) is 4.79 Å². The van der Waals surface area contributed by atoms with Gasteiger partial charge in [-0.25, -0.2) is 9.50 Å². The number of anilines is 1. The molecule has 0 saturated carbocycles. The van der Waals surface area contributed by atoms with E-state index in [2.05, 4.69) is 33.2 Å². The number of para-hydroxylation sites is 1. The zero-order valence-electron chi connectivity index (χ0n) is 15.2. The van der Waals surface area contributed by atoms with Crippen molar-refractivity contribution in [3.8, 4) is 0 Å². The second-order valence-corrected chi connectivity index (χ2v) is 6.83. The van der Waals surface area contributed by atoms with E-state index in [1.165, 1.54) is 24.1 Å². The van der Waals surface area contributed by atoms with Gasteiger partial charge in [-0.05, 0) is 37.5 Å². The van der Waals surface area contributed by atoms with E-state index in [1.54, 1.807) is 15.6 Å². The lowest BCUT2D eigenvalue weighted by molar-refractivity contribution is 0.0786. The molecule has 0 N–H and O–H groups in total. The zero-order valence-corrected chi connectivity index (χ0v) is 15.2. The smallest absolute Gasteiger partial charge is 0.259 e. The lowest BCUT2D eigenvalue weighted by Crippen LogP contribution is -2.28. The SMILES string of the molecule is Cc1nn2cccnc2c1C(=O)N(C)Cc1ccccc1N1CCCC1. The Bertz CT molecular complexity index is 942. The fraction of sp³-hybridized carbons (Fsp3) is 0.350. The van der Waals surface area contributed by atoms with Crippen LogP contribution in [0.15, 0.2) is 42.7 Å². The highest BCUT2D eigenvalue weighted by molar-refractivity contribution is 6.00. The molecule has 0 aliphatic carbocycles. The van der Waals surface area contributed by atoms with Crippen molar-refractivity contribution in [1.29, 1.82) is 0 Å². The molecule has 6 nitrogen and oxygen atoms in total. The first-order valence-electron chi connectivity index (χ1n) is 9.03. The van der Waals surface area contributed by atoms with Gasteiger partial charge in [-0.2, -0.15) is 5.10 Å². The van der Waals surface area contributed by atoms with Crippen LogP contribution < -0.4 is 4.90 Å². The van der Waals surface area contributed by atoms with Crippen LogP contribution in [-0.2, 0) is 6.54 Å². The molecule has 2 aromatic heterocycles. The molecule has 1 aliphatic rings. The van der Waals surface area contributed by atoms with E-state index in [9.17, 15) is 4.79 Å². The van der Waals surface area contributed by atoms with Crippen LogP contribution in [0.3, 0.4) is 0 Å². The molecular weight excluding hydrogens is 326 g/mol. The van der Waals surface area contributed by atoms with Crippen molar-refractivity contribution in [2.24, 2.45) is 0 Å². The number of hydrogen-bond acceptors (Lipinski definition) is 4. The van der Waals surface area contributed by atoms with Crippen molar-refractivity contribution < 1.29 is 4.79 Å². The summed E-state index contributed by atoms with van der Waals surface area (Å²) in [5, 5.41) is 4.40. The molecule has 3 heterocycles. The first-order valence-corrected chi connectivity index (χ1v) is 9.03. The van der Waals surface area contributed by atoms with Crippen LogP contribution in [0.4, 0.5) is 5.69 Å². The summed E-state index contributed by atoms with van der Waals surface area (Å²) in [6.07, 6.45) is 5.97. The maximum Gasteiger partial charge on any atom is 0.259 e. The Hall–Kier alpha value is -2.89. The number of carbonyl (C=O) groups is 1. The number of carbonyl (C=O) groups excluding carboxylic acids is 1. The molecule has 134 valence electrons. The van der Waals surface area contributed by atoms with Crippen LogP contribution in [0, 0.1) is 6.92 Å². The van der Waals surface area contributed by atoms with Crippen molar-refractivity contribution >= 4 is 17.2 Å². The van der Waals surface area contributed by atoms with Gasteiger partial charge < -0.3 is 9.80 Å². The van der Waals surface area contributed by atoms with Crippen molar-refractivity contribution in [2.45, 2.75) is 26.3 Å². The fourth-order valence-electron chi connectivity index (χ4n) is 3.68. The van der Waals surface area contributed by atoms with E-state index >= 15 is 0 Å². The molecule has 1 amide bonds. The summed E-state index contributed by atoms with van der Waals surface area (Å²) in [6, 6.07) is 10.2. The summed E-state index contributed by atoms with van der Waals surface area (Å²) in [6.45, 7) is 4.60. The highest BCUT2D eigenvalue weighted by Crippen LogP contribution is 2.26. The quantitative estimate of drug-likeness (QED) is 0.727. The summed E-state index contributed by atoms with van der Waals surface area (Å²) in [4.78, 5) is 21.6. The number of aromatic nitrogens is 3. The maximum absolute atomic E-state index is 13.1. The minimum Gasteiger partial charge on any atom is -0.371 e. The molecular formula is C20H23N5O. The standard InChI is InChI=1S/C20H23N5O/c1-15-18(19-21-10-7-13-25(19)22-15)20(26)23(2)14-16-8-3-4-9-17(16)24-11-5-6-12-24/h3-4,7-10,13H,5-6,11-12,14H2,1-2H3. The van der Waals surface area contributed by atoms with Crippen molar-refractivity contribution in [3.05, 3.63) is 59.5 Å². The average molecular weight is 349 g/mol. The highest BCUT2D eigenvalue weighted by atomic mass is 16.2. The fourth-order valence-corrected chi connectivity index (χ4v) is 3.68. The van der Waals surface area contributed by atoms with Crippen LogP contribution in [0.2, 0.25) is 0 Å². The van der Waals surface area contributed by atoms with Gasteiger partial charge in [-0.15, -0.1) is 0 Å². The van der Waals surface area contributed by atoms with Gasteiger partial charge in [-0.1, -0.05) is 18.2 Å². The van der Waals surface area contributed by atoms with Crippen molar-refractivity contribution in [2.75, 3.05) is 25.0 Å². The summed E-state index contributed by atoms with van der Waals surface area (Å²) in [5.74, 6) is -0.0487. The maximum atomic E-state index is 13.1. The van der Waals surface area contributed by atoms with Crippen LogP contribution in [0.25, 0.3) is 5.65 Å². The first-order chi connectivity index (χ1) is 12.6. The van der Waals surface area contributed by atoms with E-state index in [1.807, 2.05) is 32.3 Å². The van der Waals surface area contributed by atoms with Crippen molar-refractivity contribution in [1.82, 2.24) is 19.5 Å². The zero-order chi connectivity index (χ0) is 18.1. The van der Waals surface area contributed by atoms with Crippen LogP contribution in [0.1, 0.15) is 34.5 Å². The molecule has 0 radical (unpaired) electrons. The predicted octanol–water partition coefficient (Wildman–Crippen LogP) is 2.91. The third-order valence-electron chi connectivity index (χ3n) is 4.98. The molecule has 0 atom stereocenters. The topological polar surface area (TPSA) is 53.7 Å². The predicted molar refractivity (Wildman–Crippen MR) is 101 cm³/mol. The number of rotatable bonds is 4. The lowest BCUT2D eigenvalue weighted by Gasteiger charge is -2.24. The van der Waals surface area contributed by atoms with E-state index in [0.717, 1.165) is 13.1 Å². The summed E-state index contributed by atoms with van der Waals surface area (Å²) < 4.78 is 1.66. The second-order valence-electron chi connectivity index (χ2n) is 6.83. The number of aryl methyl sites for hydroxylation is 1. The molecule has 1 aromatic carbocycles. The minimum absolute atomic E-state index is 0.0487. The third kappa shape index (κ3) is 2.92. The number of amides is 1.